The number of benzene rings is 2. The summed E-state index contributed by atoms with van der Waals surface area (Å²) < 4.78 is 25.3. The van der Waals surface area contributed by atoms with Gasteiger partial charge in [0.25, 0.3) is 5.91 Å². The lowest BCUT2D eigenvalue weighted by Crippen LogP contribution is -2.30. The molecule has 0 aromatic heterocycles. The second kappa shape index (κ2) is 7.75. The molecule has 1 fully saturated rings. The number of aryl methyl sites for hydroxylation is 2. The molecule has 2 aromatic carbocycles. The van der Waals surface area contributed by atoms with Crippen LogP contribution >= 0.6 is 0 Å². The average molecular weight is 401 g/mol. The molecule has 1 N–H and O–H groups in total. The fourth-order valence-corrected chi connectivity index (χ4v) is 5.24. The zero-order chi connectivity index (χ0) is 20.5. The van der Waals surface area contributed by atoms with Gasteiger partial charge in [-0.1, -0.05) is 39.0 Å². The summed E-state index contributed by atoms with van der Waals surface area (Å²) in [5.74, 6) is -1.47. The molecule has 2 amide bonds. The minimum absolute atomic E-state index is 0.193. The third-order valence-corrected chi connectivity index (χ3v) is 6.83. The molecular formula is C21H24N2O4S. The number of hydrogen-bond donors (Lipinski definition) is 1. The Morgan fingerprint density at radius 2 is 1.64 bits per heavy atom. The number of para-hydroxylation sites is 1. The van der Waals surface area contributed by atoms with E-state index in [0.29, 0.717) is 5.56 Å². The van der Waals surface area contributed by atoms with E-state index in [0.717, 1.165) is 34.0 Å². The Morgan fingerprint density at radius 1 is 1.07 bits per heavy atom. The number of nitrogens with one attached hydrogen (secondary N) is 1. The van der Waals surface area contributed by atoms with Crippen molar-refractivity contribution >= 4 is 33.2 Å². The zero-order valence-electron chi connectivity index (χ0n) is 16.2. The lowest BCUT2D eigenvalue weighted by Gasteiger charge is -2.16. The third kappa shape index (κ3) is 3.67. The molecule has 1 aliphatic heterocycles. The van der Waals surface area contributed by atoms with E-state index in [2.05, 4.69) is 5.32 Å². The first kappa shape index (κ1) is 20.1. The van der Waals surface area contributed by atoms with E-state index in [1.807, 2.05) is 32.0 Å². The van der Waals surface area contributed by atoms with E-state index < -0.39 is 21.8 Å². The Labute approximate surface area is 165 Å². The summed E-state index contributed by atoms with van der Waals surface area (Å²) in [6.45, 7) is 5.67. The Morgan fingerprint density at radius 3 is 2.11 bits per heavy atom. The molecule has 28 heavy (non-hydrogen) atoms. The monoisotopic (exact) mass is 400 g/mol. The molecule has 7 heteroatoms. The summed E-state index contributed by atoms with van der Waals surface area (Å²) in [5.41, 5.74) is 3.61. The molecule has 1 atom stereocenters. The van der Waals surface area contributed by atoms with Crippen LogP contribution in [-0.4, -0.2) is 26.0 Å². The van der Waals surface area contributed by atoms with Crippen LogP contribution in [0.4, 0.5) is 11.4 Å². The van der Waals surface area contributed by atoms with Gasteiger partial charge < -0.3 is 5.32 Å². The van der Waals surface area contributed by atoms with Crippen molar-refractivity contribution in [3.05, 3.63) is 59.2 Å². The van der Waals surface area contributed by atoms with E-state index in [1.165, 1.54) is 24.3 Å². The van der Waals surface area contributed by atoms with Crippen molar-refractivity contribution in [3.63, 3.8) is 0 Å². The summed E-state index contributed by atoms with van der Waals surface area (Å²) in [4.78, 5) is 24.9. The molecular weight excluding hydrogens is 376 g/mol. The smallest absolute Gasteiger partial charge is 0.255 e. The highest BCUT2D eigenvalue weighted by Gasteiger charge is 2.41. The van der Waals surface area contributed by atoms with Crippen molar-refractivity contribution in [2.24, 2.45) is 5.92 Å². The maximum Gasteiger partial charge on any atom is 0.255 e. The summed E-state index contributed by atoms with van der Waals surface area (Å²) in [7, 11) is -3.65. The molecule has 0 aliphatic carbocycles. The predicted molar refractivity (Wildman–Crippen MR) is 110 cm³/mol. The normalized spacial score (nSPS) is 18.3. The fourth-order valence-electron chi connectivity index (χ4n) is 3.42. The van der Waals surface area contributed by atoms with E-state index in [4.69, 9.17) is 0 Å². The lowest BCUT2D eigenvalue weighted by molar-refractivity contribution is -0.119. The molecule has 0 unspecified atom stereocenters. The van der Waals surface area contributed by atoms with Crippen molar-refractivity contribution in [1.29, 1.82) is 0 Å². The van der Waals surface area contributed by atoms with Gasteiger partial charge in [-0.25, -0.2) is 12.7 Å². The topological polar surface area (TPSA) is 83.6 Å². The number of hydrogen-bond acceptors (Lipinski definition) is 4. The van der Waals surface area contributed by atoms with Crippen molar-refractivity contribution in [3.8, 4) is 0 Å². The second-order valence-corrected chi connectivity index (χ2v) is 8.80. The molecule has 0 spiro atoms. The van der Waals surface area contributed by atoms with Crippen LogP contribution < -0.4 is 9.62 Å². The number of anilines is 2. The predicted octanol–water partition coefficient (Wildman–Crippen LogP) is 3.38. The van der Waals surface area contributed by atoms with Gasteiger partial charge in [0, 0.05) is 11.3 Å². The molecule has 1 aliphatic rings. The van der Waals surface area contributed by atoms with Gasteiger partial charge in [-0.05, 0) is 48.2 Å². The third-order valence-electron chi connectivity index (χ3n) is 4.96. The summed E-state index contributed by atoms with van der Waals surface area (Å²) in [5, 5.41) is 2.98. The van der Waals surface area contributed by atoms with Crippen LogP contribution in [0.5, 0.6) is 0 Å². The number of sulfonamides is 1. The highest BCUT2D eigenvalue weighted by atomic mass is 32.2. The number of amides is 2. The van der Waals surface area contributed by atoms with Crippen LogP contribution in [-0.2, 0) is 27.7 Å². The highest BCUT2D eigenvalue weighted by molar-refractivity contribution is 7.94. The molecule has 0 radical (unpaired) electrons. The number of nitrogens with zero attached hydrogens (tertiary/aromatic N) is 1. The van der Waals surface area contributed by atoms with Gasteiger partial charge in [-0.2, -0.15) is 0 Å². The largest absolute Gasteiger partial charge is 0.321 e. The first-order valence-corrected chi connectivity index (χ1v) is 11.0. The van der Waals surface area contributed by atoms with Gasteiger partial charge in [-0.15, -0.1) is 0 Å². The lowest BCUT2D eigenvalue weighted by atomic mass is 10.0. The molecule has 0 bridgehead atoms. The number of carbonyl (C=O) groups is 2. The Hall–Kier alpha value is -2.67. The van der Waals surface area contributed by atoms with Crippen molar-refractivity contribution in [2.45, 2.75) is 33.6 Å². The molecule has 3 rings (SSSR count). The molecule has 148 valence electrons. The van der Waals surface area contributed by atoms with Crippen LogP contribution in [0.25, 0.3) is 0 Å². The van der Waals surface area contributed by atoms with Gasteiger partial charge in [0.05, 0.1) is 17.4 Å². The van der Waals surface area contributed by atoms with Crippen LogP contribution in [0.3, 0.4) is 0 Å². The van der Waals surface area contributed by atoms with Gasteiger partial charge in [-0.3, -0.25) is 9.59 Å². The van der Waals surface area contributed by atoms with Crippen molar-refractivity contribution in [2.75, 3.05) is 15.4 Å². The Kier molecular flexibility index (Phi) is 5.56. The summed E-state index contributed by atoms with van der Waals surface area (Å²) in [6.07, 6.45) is 1.60. The van der Waals surface area contributed by atoms with E-state index in [-0.39, 0.29) is 17.3 Å². The Bertz CT molecular complexity index is 991. The molecule has 1 heterocycles. The van der Waals surface area contributed by atoms with Crippen molar-refractivity contribution in [1.82, 2.24) is 0 Å². The highest BCUT2D eigenvalue weighted by Crippen LogP contribution is 2.29. The van der Waals surface area contributed by atoms with Gasteiger partial charge in [0.2, 0.25) is 15.9 Å². The van der Waals surface area contributed by atoms with E-state index in [1.54, 1.807) is 6.92 Å². The number of carbonyl (C=O) groups excluding carboxylic acids is 2. The maximum absolute atomic E-state index is 12.7. The number of rotatable bonds is 5. The average Bonchev–Trinajstić information content (AvgIpc) is 2.88. The van der Waals surface area contributed by atoms with Gasteiger partial charge >= 0.3 is 0 Å². The van der Waals surface area contributed by atoms with E-state index >= 15 is 0 Å². The Balaban J connectivity index is 1.85. The quantitative estimate of drug-likeness (QED) is 0.834. The van der Waals surface area contributed by atoms with E-state index in [9.17, 15) is 18.0 Å². The minimum Gasteiger partial charge on any atom is -0.321 e. The molecule has 2 aromatic rings. The maximum atomic E-state index is 12.7. The first-order chi connectivity index (χ1) is 13.3. The standard InChI is InChI=1S/C21H24N2O4S/c1-4-15-7-6-8-16(5-2)19(15)22-20(24)17-9-11-18(12-10-17)23-21(25)14(3)13-28(23,26)27/h6-12,14H,4-5,13H2,1-3H3,(H,22,24)/t14-/m0/s1. The van der Waals surface area contributed by atoms with Crippen molar-refractivity contribution < 1.29 is 18.0 Å². The summed E-state index contributed by atoms with van der Waals surface area (Å²) in [6, 6.07) is 12.0. The first-order valence-electron chi connectivity index (χ1n) is 9.37. The molecule has 6 nitrogen and oxygen atoms in total. The minimum atomic E-state index is -3.65. The van der Waals surface area contributed by atoms with Crippen LogP contribution in [0.15, 0.2) is 42.5 Å². The van der Waals surface area contributed by atoms with Gasteiger partial charge in [0.1, 0.15) is 0 Å². The van der Waals surface area contributed by atoms with Gasteiger partial charge in [0.15, 0.2) is 0 Å². The van der Waals surface area contributed by atoms with Crippen LogP contribution in [0, 0.1) is 5.92 Å². The summed E-state index contributed by atoms with van der Waals surface area (Å²) >= 11 is 0. The fraction of sp³-hybridized carbons (Fsp3) is 0.333. The zero-order valence-corrected chi connectivity index (χ0v) is 17.0. The SMILES string of the molecule is CCc1cccc(CC)c1NC(=O)c1ccc(N2C(=O)[C@@H](C)CS2(=O)=O)cc1. The molecule has 0 saturated carbocycles. The second-order valence-electron chi connectivity index (χ2n) is 6.94. The molecule has 1 saturated heterocycles. The van der Waals surface area contributed by atoms with Crippen LogP contribution in [0.1, 0.15) is 42.3 Å². The van der Waals surface area contributed by atoms with Crippen LogP contribution in [0.2, 0.25) is 0 Å².